The lowest BCUT2D eigenvalue weighted by Crippen LogP contribution is -2.00. The van der Waals surface area contributed by atoms with Crippen LogP contribution in [0.2, 0.25) is 0 Å². The molecule has 1 aliphatic carbocycles. The van der Waals surface area contributed by atoms with Crippen molar-refractivity contribution in [2.45, 2.75) is 79.6 Å². The van der Waals surface area contributed by atoms with Crippen molar-refractivity contribution in [2.75, 3.05) is 0 Å². The van der Waals surface area contributed by atoms with Crippen LogP contribution in [0.3, 0.4) is 0 Å². The van der Waals surface area contributed by atoms with Crippen molar-refractivity contribution in [3.63, 3.8) is 0 Å². The maximum atomic E-state index is 3.76. The summed E-state index contributed by atoms with van der Waals surface area (Å²) in [5.41, 5.74) is 3.19. The van der Waals surface area contributed by atoms with E-state index in [1.54, 1.807) is 11.1 Å². The zero-order valence-corrected chi connectivity index (χ0v) is 15.3. The average molecular weight is 291 g/mol. The molecule has 1 aliphatic rings. The van der Waals surface area contributed by atoms with E-state index in [4.69, 9.17) is 0 Å². The molecule has 1 rings (SSSR count). The summed E-state index contributed by atoms with van der Waals surface area (Å²) in [6.07, 6.45) is 17.2. The van der Waals surface area contributed by atoms with Gasteiger partial charge in [0.1, 0.15) is 0 Å². The highest BCUT2D eigenvalue weighted by molar-refractivity contribution is 5.28. The minimum Gasteiger partial charge on any atom is -0.103 e. The van der Waals surface area contributed by atoms with E-state index in [9.17, 15) is 0 Å². The van der Waals surface area contributed by atoms with Gasteiger partial charge in [0.2, 0.25) is 0 Å². The second-order valence-corrected chi connectivity index (χ2v) is 5.47. The summed E-state index contributed by atoms with van der Waals surface area (Å²) in [6, 6.07) is 0. The fraction of sp³-hybridized carbons (Fsp3) is 0.619. The lowest BCUT2D eigenvalue weighted by Gasteiger charge is -2.16. The molecule has 0 saturated carbocycles. The molecule has 0 N–H and O–H groups in total. The lowest BCUT2D eigenvalue weighted by atomic mass is 9.89. The Kier molecular flexibility index (Phi) is 18.0. The molecule has 0 aromatic rings. The molecule has 0 bridgehead atoms. The van der Waals surface area contributed by atoms with Gasteiger partial charge in [-0.05, 0) is 56.9 Å². The molecule has 0 saturated heterocycles. The smallest absolute Gasteiger partial charge is 0.0254 e. The summed E-state index contributed by atoms with van der Waals surface area (Å²) < 4.78 is 0. The van der Waals surface area contributed by atoms with Gasteiger partial charge in [-0.3, -0.25) is 0 Å². The van der Waals surface area contributed by atoms with Gasteiger partial charge in [0.15, 0.2) is 0 Å². The molecule has 0 radical (unpaired) electrons. The highest BCUT2D eigenvalue weighted by Crippen LogP contribution is 2.26. The van der Waals surface area contributed by atoms with Gasteiger partial charge in [0.05, 0.1) is 0 Å². The van der Waals surface area contributed by atoms with Crippen molar-refractivity contribution < 1.29 is 0 Å². The Morgan fingerprint density at radius 1 is 1.24 bits per heavy atom. The van der Waals surface area contributed by atoms with Gasteiger partial charge in [-0.2, -0.15) is 0 Å². The molecule has 0 aromatic carbocycles. The van der Waals surface area contributed by atoms with Gasteiger partial charge in [-0.1, -0.05) is 64.0 Å². The Labute approximate surface area is 134 Å². The third kappa shape index (κ3) is 13.7. The van der Waals surface area contributed by atoms with Crippen LogP contribution < -0.4 is 0 Å². The van der Waals surface area contributed by atoms with E-state index in [2.05, 4.69) is 46.1 Å². The minimum absolute atomic E-state index is 0.817. The van der Waals surface area contributed by atoms with E-state index < -0.39 is 0 Å². The second-order valence-electron chi connectivity index (χ2n) is 5.47. The molecule has 0 nitrogen and oxygen atoms in total. The number of allylic oxidation sites excluding steroid dienone is 6. The fourth-order valence-electron chi connectivity index (χ4n) is 2.16. The van der Waals surface area contributed by atoms with Crippen LogP contribution in [0.25, 0.3) is 0 Å². The van der Waals surface area contributed by atoms with Crippen LogP contribution in [0.4, 0.5) is 0 Å². The number of rotatable bonds is 7. The zero-order chi connectivity index (χ0) is 16.5. The average Bonchev–Trinajstić information content (AvgIpc) is 2.52. The zero-order valence-electron chi connectivity index (χ0n) is 15.3. The highest BCUT2D eigenvalue weighted by Gasteiger charge is 2.08. The fourth-order valence-corrected chi connectivity index (χ4v) is 2.16. The van der Waals surface area contributed by atoms with Crippen molar-refractivity contribution in [3.8, 4) is 0 Å². The van der Waals surface area contributed by atoms with Crippen molar-refractivity contribution in [1.82, 2.24) is 0 Å². The van der Waals surface area contributed by atoms with Crippen molar-refractivity contribution in [1.29, 1.82) is 0 Å². The van der Waals surface area contributed by atoms with Crippen LogP contribution in [-0.2, 0) is 0 Å². The van der Waals surface area contributed by atoms with Crippen LogP contribution in [-0.4, -0.2) is 0 Å². The third-order valence-corrected chi connectivity index (χ3v) is 3.52. The first kappa shape index (κ1) is 22.2. The molecule has 0 fully saturated rings. The van der Waals surface area contributed by atoms with E-state index in [1.165, 1.54) is 32.1 Å². The topological polar surface area (TPSA) is 0 Å². The largest absolute Gasteiger partial charge is 0.103 e. The second kappa shape index (κ2) is 17.0. The van der Waals surface area contributed by atoms with Crippen LogP contribution in [0.5, 0.6) is 0 Å². The van der Waals surface area contributed by atoms with E-state index in [0.29, 0.717) is 0 Å². The normalized spacial score (nSPS) is 14.3. The van der Waals surface area contributed by atoms with Gasteiger partial charge in [-0.25, -0.2) is 0 Å². The van der Waals surface area contributed by atoms with Gasteiger partial charge >= 0.3 is 0 Å². The first-order chi connectivity index (χ1) is 10.2. The molecule has 0 amide bonds. The van der Waals surface area contributed by atoms with Gasteiger partial charge in [0, 0.05) is 0 Å². The number of hydrogen-bond acceptors (Lipinski definition) is 0. The van der Waals surface area contributed by atoms with Crippen LogP contribution in [0.1, 0.15) is 79.6 Å². The highest BCUT2D eigenvalue weighted by atomic mass is 14.1. The van der Waals surface area contributed by atoms with Crippen molar-refractivity contribution in [3.05, 3.63) is 48.6 Å². The van der Waals surface area contributed by atoms with Crippen LogP contribution >= 0.6 is 0 Å². The Bertz CT molecular complexity index is 304. The number of unbranched alkanes of at least 4 members (excludes halogenated alkanes) is 1. The predicted molar refractivity (Wildman–Crippen MR) is 101 cm³/mol. The summed E-state index contributed by atoms with van der Waals surface area (Å²) >= 11 is 0. The van der Waals surface area contributed by atoms with Gasteiger partial charge in [0.25, 0.3) is 0 Å². The Hall–Kier alpha value is -1.04. The van der Waals surface area contributed by atoms with Crippen LogP contribution in [0.15, 0.2) is 48.6 Å². The first-order valence-corrected chi connectivity index (χ1v) is 8.72. The molecule has 0 aromatic heterocycles. The Balaban J connectivity index is 0. The lowest BCUT2D eigenvalue weighted by molar-refractivity contribution is 0.509. The van der Waals surface area contributed by atoms with E-state index in [1.807, 2.05) is 26.0 Å². The number of hydrogen-bond donors (Lipinski definition) is 0. The molecule has 0 heteroatoms. The maximum Gasteiger partial charge on any atom is -0.0254 e. The first-order valence-electron chi connectivity index (χ1n) is 8.72. The summed E-state index contributed by atoms with van der Waals surface area (Å²) in [6.45, 7) is 18.0. The van der Waals surface area contributed by atoms with Crippen molar-refractivity contribution in [2.24, 2.45) is 5.92 Å². The van der Waals surface area contributed by atoms with E-state index in [-0.39, 0.29) is 0 Å². The molecule has 0 heterocycles. The minimum atomic E-state index is 0.817. The third-order valence-electron chi connectivity index (χ3n) is 3.52. The predicted octanol–water partition coefficient (Wildman–Crippen LogP) is 7.64. The molecule has 122 valence electrons. The molecular formula is C21H38. The summed E-state index contributed by atoms with van der Waals surface area (Å²) in [5, 5.41) is 0. The SMILES string of the molecule is C=CCC.C=CCCC[C@@H](C)CC1=C(C)CCC=C1.CC. The van der Waals surface area contributed by atoms with Crippen LogP contribution in [0, 0.1) is 5.92 Å². The van der Waals surface area contributed by atoms with Gasteiger partial charge < -0.3 is 0 Å². The molecular weight excluding hydrogens is 252 g/mol. The Morgan fingerprint density at radius 2 is 1.86 bits per heavy atom. The molecule has 1 atom stereocenters. The Morgan fingerprint density at radius 3 is 2.33 bits per heavy atom. The molecule has 21 heavy (non-hydrogen) atoms. The summed E-state index contributed by atoms with van der Waals surface area (Å²) in [7, 11) is 0. The summed E-state index contributed by atoms with van der Waals surface area (Å²) in [4.78, 5) is 0. The maximum absolute atomic E-state index is 3.76. The van der Waals surface area contributed by atoms with E-state index >= 15 is 0 Å². The van der Waals surface area contributed by atoms with Gasteiger partial charge in [-0.15, -0.1) is 13.2 Å². The molecule has 0 unspecified atom stereocenters. The monoisotopic (exact) mass is 290 g/mol. The van der Waals surface area contributed by atoms with Crippen molar-refractivity contribution >= 4 is 0 Å². The standard InChI is InChI=1S/C15H24.C4H8.C2H6/c1-4-5-6-9-13(2)12-15-11-8-7-10-14(15)3;1-3-4-2;1-2/h4,8,11,13H,1,5-7,9-10,12H2,2-3H3;3H,1,4H2,2H3;1-2H3/t13-;;/m1../s1. The summed E-state index contributed by atoms with van der Waals surface area (Å²) in [5.74, 6) is 0.817. The molecule has 0 aliphatic heterocycles. The molecule has 0 spiro atoms. The van der Waals surface area contributed by atoms with E-state index in [0.717, 1.165) is 18.8 Å². The quantitative estimate of drug-likeness (QED) is 0.334.